The maximum Gasteiger partial charge on any atom is 0.196 e. The van der Waals surface area contributed by atoms with Gasteiger partial charge in [-0.1, -0.05) is 13.8 Å². The molecule has 0 fully saturated rings. The number of nitrogens with one attached hydrogen (secondary N) is 2. The number of hydrogen-bond donors (Lipinski definition) is 4. The second kappa shape index (κ2) is 11.4. The molecule has 0 saturated carbocycles. The first kappa shape index (κ1) is 19.8. The van der Waals surface area contributed by atoms with Crippen molar-refractivity contribution in [2.75, 3.05) is 33.0 Å². The summed E-state index contributed by atoms with van der Waals surface area (Å²) < 4.78 is 10.6. The van der Waals surface area contributed by atoms with Crippen LogP contribution in [0.2, 0.25) is 0 Å². The second-order valence-corrected chi connectivity index (χ2v) is 5.16. The lowest BCUT2D eigenvalue weighted by molar-refractivity contribution is -0.111. The van der Waals surface area contributed by atoms with Gasteiger partial charge in [-0.05, 0) is 26.7 Å². The fourth-order valence-electron chi connectivity index (χ4n) is 1.65. The van der Waals surface area contributed by atoms with Gasteiger partial charge in [-0.25, -0.2) is 0 Å². The van der Waals surface area contributed by atoms with E-state index in [1.54, 1.807) is 0 Å². The normalized spacial score (nSPS) is 17.7. The Bertz CT molecular complexity index is 217. The van der Waals surface area contributed by atoms with E-state index >= 15 is 0 Å². The third-order valence-electron chi connectivity index (χ3n) is 3.11. The van der Waals surface area contributed by atoms with Gasteiger partial charge < -0.3 is 19.7 Å². The molecule has 0 aliphatic heterocycles. The largest absolute Gasteiger partial charge is 0.394 e. The molecule has 0 amide bonds. The van der Waals surface area contributed by atoms with Crippen LogP contribution in [0.25, 0.3) is 0 Å². The van der Waals surface area contributed by atoms with Crippen LogP contribution in [0, 0.1) is 0 Å². The van der Waals surface area contributed by atoms with E-state index in [0.29, 0.717) is 19.8 Å². The Balaban J connectivity index is 4.16. The molecule has 0 heterocycles. The Kier molecular flexibility index (Phi) is 11.3. The lowest BCUT2D eigenvalue weighted by Gasteiger charge is -2.35. The molecule has 2 unspecified atom stereocenters. The van der Waals surface area contributed by atoms with E-state index in [4.69, 9.17) is 14.6 Å². The summed E-state index contributed by atoms with van der Waals surface area (Å²) in [5, 5.41) is 25.5. The van der Waals surface area contributed by atoms with Crippen LogP contribution in [0.4, 0.5) is 0 Å². The smallest absolute Gasteiger partial charge is 0.196 e. The van der Waals surface area contributed by atoms with Crippen LogP contribution < -0.4 is 10.6 Å². The zero-order valence-electron chi connectivity index (χ0n) is 13.3. The Morgan fingerprint density at radius 1 is 0.950 bits per heavy atom. The molecule has 6 nitrogen and oxygen atoms in total. The quantitative estimate of drug-likeness (QED) is 0.291. The number of aliphatic hydroxyl groups excluding tert-OH is 1. The average molecular weight is 292 g/mol. The summed E-state index contributed by atoms with van der Waals surface area (Å²) in [5.74, 6) is -1.23. The average Bonchev–Trinajstić information content (AvgIpc) is 2.42. The summed E-state index contributed by atoms with van der Waals surface area (Å²) >= 11 is 0. The van der Waals surface area contributed by atoms with E-state index in [0.717, 1.165) is 12.8 Å². The molecule has 2 atom stereocenters. The van der Waals surface area contributed by atoms with Crippen LogP contribution in [0.1, 0.15) is 40.5 Å². The Morgan fingerprint density at radius 3 is 1.90 bits per heavy atom. The molecule has 0 bridgehead atoms. The maximum atomic E-state index is 10.6. The van der Waals surface area contributed by atoms with Gasteiger partial charge in [0.1, 0.15) is 6.61 Å². The highest BCUT2D eigenvalue weighted by molar-refractivity contribution is 4.79. The summed E-state index contributed by atoms with van der Waals surface area (Å²) in [4.78, 5) is 0. The topological polar surface area (TPSA) is 83.0 Å². The van der Waals surface area contributed by atoms with Gasteiger partial charge in [-0.15, -0.1) is 0 Å². The van der Waals surface area contributed by atoms with Gasteiger partial charge in [0.15, 0.2) is 5.85 Å². The van der Waals surface area contributed by atoms with E-state index in [1.807, 2.05) is 13.8 Å². The molecule has 4 N–H and O–H groups in total. The molecule has 0 aromatic heterocycles. The van der Waals surface area contributed by atoms with Crippen molar-refractivity contribution in [2.45, 2.75) is 58.5 Å². The van der Waals surface area contributed by atoms with Gasteiger partial charge in [0.25, 0.3) is 0 Å². The molecular formula is C14H32N2O4. The van der Waals surface area contributed by atoms with Crippen LogP contribution in [-0.4, -0.2) is 61.2 Å². The molecule has 0 spiro atoms. The molecule has 0 aliphatic carbocycles. The van der Waals surface area contributed by atoms with Gasteiger partial charge in [-0.2, -0.15) is 0 Å². The summed E-state index contributed by atoms with van der Waals surface area (Å²) in [5.41, 5.74) is 0. The standard InChI is InChI=1S/C14H32N2O4/c1-5-12(3)15-14(18,16-13(4)6-2)11-20-10-9-19-8-7-17/h12-13,15-18H,5-11H2,1-4H3. The lowest BCUT2D eigenvalue weighted by atomic mass is 10.2. The zero-order chi connectivity index (χ0) is 15.4. The molecule has 0 aromatic carbocycles. The number of hydrogen-bond acceptors (Lipinski definition) is 6. The van der Waals surface area contributed by atoms with E-state index in [9.17, 15) is 5.11 Å². The Labute approximate surface area is 122 Å². The zero-order valence-corrected chi connectivity index (χ0v) is 13.3. The van der Waals surface area contributed by atoms with Crippen LogP contribution in [0.15, 0.2) is 0 Å². The van der Waals surface area contributed by atoms with Gasteiger partial charge in [0.05, 0.1) is 26.4 Å². The van der Waals surface area contributed by atoms with Crippen molar-refractivity contribution in [3.05, 3.63) is 0 Å². The summed E-state index contributed by atoms with van der Waals surface area (Å²) in [6.45, 7) is 9.41. The second-order valence-electron chi connectivity index (χ2n) is 5.16. The van der Waals surface area contributed by atoms with Crippen molar-refractivity contribution < 1.29 is 19.7 Å². The first-order valence-corrected chi connectivity index (χ1v) is 7.51. The molecule has 20 heavy (non-hydrogen) atoms. The fraction of sp³-hybridized carbons (Fsp3) is 1.00. The third kappa shape index (κ3) is 9.63. The number of aliphatic hydroxyl groups is 2. The molecule has 6 heteroatoms. The van der Waals surface area contributed by atoms with E-state index in [1.165, 1.54) is 0 Å². The molecule has 0 saturated heterocycles. The SMILES string of the molecule is CCC(C)NC(O)(COCCOCCO)NC(C)CC. The van der Waals surface area contributed by atoms with Crippen LogP contribution in [0.3, 0.4) is 0 Å². The summed E-state index contributed by atoms with van der Waals surface area (Å²) in [6, 6.07) is 0.372. The van der Waals surface area contributed by atoms with Gasteiger partial charge in [-0.3, -0.25) is 10.6 Å². The Morgan fingerprint density at radius 2 is 1.45 bits per heavy atom. The summed E-state index contributed by atoms with van der Waals surface area (Å²) in [7, 11) is 0. The molecule has 0 aliphatic rings. The molecular weight excluding hydrogens is 260 g/mol. The maximum absolute atomic E-state index is 10.6. The highest BCUT2D eigenvalue weighted by Gasteiger charge is 2.29. The minimum atomic E-state index is -1.23. The van der Waals surface area contributed by atoms with Gasteiger partial charge >= 0.3 is 0 Å². The van der Waals surface area contributed by atoms with E-state index in [-0.39, 0.29) is 25.3 Å². The van der Waals surface area contributed by atoms with Crippen molar-refractivity contribution in [1.82, 2.24) is 10.6 Å². The minimum Gasteiger partial charge on any atom is -0.394 e. The predicted molar refractivity (Wildman–Crippen MR) is 79.5 cm³/mol. The first-order chi connectivity index (χ1) is 9.47. The lowest BCUT2D eigenvalue weighted by Crippen LogP contribution is -2.64. The van der Waals surface area contributed by atoms with Crippen molar-refractivity contribution in [3.63, 3.8) is 0 Å². The first-order valence-electron chi connectivity index (χ1n) is 7.51. The van der Waals surface area contributed by atoms with E-state index < -0.39 is 5.85 Å². The molecule has 0 rings (SSSR count). The Hall–Kier alpha value is -0.240. The van der Waals surface area contributed by atoms with Crippen LogP contribution in [-0.2, 0) is 9.47 Å². The number of rotatable bonds is 13. The minimum absolute atomic E-state index is 0.00901. The van der Waals surface area contributed by atoms with Crippen molar-refractivity contribution >= 4 is 0 Å². The van der Waals surface area contributed by atoms with Crippen molar-refractivity contribution in [2.24, 2.45) is 0 Å². The highest BCUT2D eigenvalue weighted by atomic mass is 16.5. The molecule has 0 aromatic rings. The van der Waals surface area contributed by atoms with Gasteiger partial charge in [0.2, 0.25) is 0 Å². The van der Waals surface area contributed by atoms with Crippen LogP contribution >= 0.6 is 0 Å². The molecule has 122 valence electrons. The molecule has 0 radical (unpaired) electrons. The van der Waals surface area contributed by atoms with Crippen LogP contribution in [0.5, 0.6) is 0 Å². The van der Waals surface area contributed by atoms with Gasteiger partial charge in [0, 0.05) is 12.1 Å². The summed E-state index contributed by atoms with van der Waals surface area (Å²) in [6.07, 6.45) is 1.84. The number of ether oxygens (including phenoxy) is 2. The third-order valence-corrected chi connectivity index (χ3v) is 3.11. The fourth-order valence-corrected chi connectivity index (χ4v) is 1.65. The van der Waals surface area contributed by atoms with Crippen molar-refractivity contribution in [1.29, 1.82) is 0 Å². The van der Waals surface area contributed by atoms with Crippen molar-refractivity contribution in [3.8, 4) is 0 Å². The highest BCUT2D eigenvalue weighted by Crippen LogP contribution is 2.04. The predicted octanol–water partition coefficient (Wildman–Crippen LogP) is 0.434. The van der Waals surface area contributed by atoms with E-state index in [2.05, 4.69) is 24.5 Å². The monoisotopic (exact) mass is 292 g/mol.